The van der Waals surface area contributed by atoms with Crippen LogP contribution < -0.4 is 5.32 Å². The van der Waals surface area contributed by atoms with Gasteiger partial charge in [-0.25, -0.2) is 9.37 Å². The zero-order valence-electron chi connectivity index (χ0n) is 14.4. The molecule has 128 valence electrons. The van der Waals surface area contributed by atoms with Crippen LogP contribution in [0.25, 0.3) is 10.9 Å². The molecule has 1 N–H and O–H groups in total. The Kier molecular flexibility index (Phi) is 4.32. The zero-order chi connectivity index (χ0) is 17.9. The third kappa shape index (κ3) is 3.26. The summed E-state index contributed by atoms with van der Waals surface area (Å²) in [5, 5.41) is 4.55. The van der Waals surface area contributed by atoms with Crippen molar-refractivity contribution < 1.29 is 4.39 Å². The molecular formula is C22H18FN3. The van der Waals surface area contributed by atoms with E-state index in [1.807, 2.05) is 55.5 Å². The summed E-state index contributed by atoms with van der Waals surface area (Å²) in [4.78, 5) is 9.22. The number of anilines is 1. The van der Waals surface area contributed by atoms with Crippen LogP contribution in [0.15, 0.2) is 79.0 Å². The first-order valence-corrected chi connectivity index (χ1v) is 8.50. The molecule has 4 rings (SSSR count). The van der Waals surface area contributed by atoms with Crippen molar-refractivity contribution in [1.82, 2.24) is 9.97 Å². The van der Waals surface area contributed by atoms with E-state index in [-0.39, 0.29) is 11.9 Å². The third-order valence-electron chi connectivity index (χ3n) is 4.36. The average molecular weight is 343 g/mol. The molecule has 1 atom stereocenters. The molecule has 1 unspecified atom stereocenters. The first-order valence-electron chi connectivity index (χ1n) is 8.50. The monoisotopic (exact) mass is 343 g/mol. The van der Waals surface area contributed by atoms with E-state index in [0.717, 1.165) is 33.5 Å². The highest BCUT2D eigenvalue weighted by Gasteiger charge is 2.17. The molecule has 0 aliphatic carbocycles. The van der Waals surface area contributed by atoms with Gasteiger partial charge in [0.15, 0.2) is 0 Å². The lowest BCUT2D eigenvalue weighted by Crippen LogP contribution is -2.15. The molecule has 0 aliphatic rings. The maximum absolute atomic E-state index is 13.8. The molecule has 0 radical (unpaired) electrons. The Morgan fingerprint density at radius 2 is 1.77 bits per heavy atom. The van der Waals surface area contributed by atoms with Gasteiger partial charge in [-0.2, -0.15) is 0 Å². The predicted octanol–water partition coefficient (Wildman–Crippen LogP) is 5.28. The topological polar surface area (TPSA) is 37.8 Å². The van der Waals surface area contributed by atoms with E-state index in [9.17, 15) is 4.39 Å². The summed E-state index contributed by atoms with van der Waals surface area (Å²) in [6, 6.07) is 22.1. The zero-order valence-corrected chi connectivity index (χ0v) is 14.4. The normalized spacial score (nSPS) is 12.1. The van der Waals surface area contributed by atoms with Crippen molar-refractivity contribution in [3.8, 4) is 0 Å². The fourth-order valence-electron chi connectivity index (χ4n) is 3.07. The van der Waals surface area contributed by atoms with E-state index < -0.39 is 0 Å². The molecule has 2 aromatic heterocycles. The van der Waals surface area contributed by atoms with Crippen LogP contribution in [0.3, 0.4) is 0 Å². The first kappa shape index (κ1) is 16.2. The number of hydrogen-bond donors (Lipinski definition) is 1. The number of para-hydroxylation sites is 1. The summed E-state index contributed by atoms with van der Waals surface area (Å²) >= 11 is 0. The van der Waals surface area contributed by atoms with Crippen LogP contribution in [-0.2, 0) is 0 Å². The summed E-state index contributed by atoms with van der Waals surface area (Å²) in [7, 11) is 0. The number of nitrogens with one attached hydrogen (secondary N) is 1. The maximum atomic E-state index is 13.8. The molecule has 0 saturated heterocycles. The van der Waals surface area contributed by atoms with E-state index in [1.165, 1.54) is 12.1 Å². The Balaban J connectivity index is 1.79. The molecule has 0 fully saturated rings. The van der Waals surface area contributed by atoms with Gasteiger partial charge < -0.3 is 5.32 Å². The highest BCUT2D eigenvalue weighted by atomic mass is 19.1. The van der Waals surface area contributed by atoms with Gasteiger partial charge in [-0.05, 0) is 54.4 Å². The maximum Gasteiger partial charge on any atom is 0.130 e. The van der Waals surface area contributed by atoms with Gasteiger partial charge in [0.2, 0.25) is 0 Å². The lowest BCUT2D eigenvalue weighted by Gasteiger charge is -2.21. The van der Waals surface area contributed by atoms with Gasteiger partial charge in [0.1, 0.15) is 11.6 Å². The van der Waals surface area contributed by atoms with Crippen molar-refractivity contribution in [2.45, 2.75) is 13.0 Å². The van der Waals surface area contributed by atoms with Gasteiger partial charge in [0, 0.05) is 11.6 Å². The molecule has 0 aliphatic heterocycles. The lowest BCUT2D eigenvalue weighted by molar-refractivity contribution is 0.624. The molecule has 0 spiro atoms. The quantitative estimate of drug-likeness (QED) is 0.548. The summed E-state index contributed by atoms with van der Waals surface area (Å²) in [6.07, 6.45) is 1.74. The van der Waals surface area contributed by atoms with Crippen LogP contribution in [0.1, 0.15) is 22.9 Å². The van der Waals surface area contributed by atoms with Crippen LogP contribution in [-0.4, -0.2) is 9.97 Å². The molecular weight excluding hydrogens is 325 g/mol. The average Bonchev–Trinajstić information content (AvgIpc) is 2.67. The second-order valence-corrected chi connectivity index (χ2v) is 6.23. The van der Waals surface area contributed by atoms with Crippen molar-refractivity contribution in [2.75, 3.05) is 5.32 Å². The second-order valence-electron chi connectivity index (χ2n) is 6.23. The van der Waals surface area contributed by atoms with Crippen LogP contribution in [0.2, 0.25) is 0 Å². The first-order chi connectivity index (χ1) is 12.7. The molecule has 0 amide bonds. The lowest BCUT2D eigenvalue weighted by atomic mass is 10.0. The Morgan fingerprint density at radius 3 is 2.58 bits per heavy atom. The highest BCUT2D eigenvalue weighted by molar-refractivity contribution is 5.81. The number of fused-ring (bicyclic) bond motifs is 1. The standard InChI is InChI=1S/C22H18FN3/c1-15-13-16-7-2-3-10-19(16)25-22(15)26-21(20-11-4-5-12-24-20)17-8-6-9-18(23)14-17/h2-14,21H,1H3,(H,25,26). The minimum Gasteiger partial charge on any atom is -0.357 e. The number of pyridine rings is 2. The fourth-order valence-corrected chi connectivity index (χ4v) is 3.07. The highest BCUT2D eigenvalue weighted by Crippen LogP contribution is 2.28. The molecule has 2 aromatic carbocycles. The molecule has 2 heterocycles. The van der Waals surface area contributed by atoms with E-state index >= 15 is 0 Å². The van der Waals surface area contributed by atoms with Gasteiger partial charge in [-0.15, -0.1) is 0 Å². The predicted molar refractivity (Wildman–Crippen MR) is 103 cm³/mol. The van der Waals surface area contributed by atoms with Gasteiger partial charge in [0.25, 0.3) is 0 Å². The molecule has 0 bridgehead atoms. The van der Waals surface area contributed by atoms with Crippen LogP contribution in [0.4, 0.5) is 10.2 Å². The van der Waals surface area contributed by atoms with E-state index in [0.29, 0.717) is 0 Å². The summed E-state index contributed by atoms with van der Waals surface area (Å²) in [5.41, 5.74) is 3.56. The largest absolute Gasteiger partial charge is 0.357 e. The summed E-state index contributed by atoms with van der Waals surface area (Å²) in [5.74, 6) is 0.497. The molecule has 3 nitrogen and oxygen atoms in total. The molecule has 0 saturated carbocycles. The van der Waals surface area contributed by atoms with Crippen LogP contribution in [0, 0.1) is 12.7 Å². The van der Waals surface area contributed by atoms with Crippen molar-refractivity contribution >= 4 is 16.7 Å². The Bertz CT molecular complexity index is 1050. The summed E-state index contributed by atoms with van der Waals surface area (Å²) in [6.45, 7) is 2.02. The number of hydrogen-bond acceptors (Lipinski definition) is 3. The van der Waals surface area contributed by atoms with E-state index in [4.69, 9.17) is 4.98 Å². The number of aryl methyl sites for hydroxylation is 1. The Hall–Kier alpha value is -3.27. The molecule has 4 heteroatoms. The Morgan fingerprint density at radius 1 is 0.923 bits per heavy atom. The van der Waals surface area contributed by atoms with Crippen molar-refractivity contribution in [1.29, 1.82) is 0 Å². The van der Waals surface area contributed by atoms with Gasteiger partial charge >= 0.3 is 0 Å². The minimum absolute atomic E-state index is 0.270. The number of aromatic nitrogens is 2. The molecule has 4 aromatic rings. The second kappa shape index (κ2) is 6.92. The number of nitrogens with zero attached hydrogens (tertiary/aromatic N) is 2. The van der Waals surface area contributed by atoms with Crippen molar-refractivity contribution in [2.24, 2.45) is 0 Å². The molecule has 26 heavy (non-hydrogen) atoms. The number of rotatable bonds is 4. The smallest absolute Gasteiger partial charge is 0.130 e. The number of benzene rings is 2. The SMILES string of the molecule is Cc1cc2ccccc2nc1NC(c1cccc(F)c1)c1ccccn1. The van der Waals surface area contributed by atoms with Gasteiger partial charge in [-0.1, -0.05) is 36.4 Å². The number of halogens is 1. The van der Waals surface area contributed by atoms with E-state index in [2.05, 4.69) is 16.4 Å². The van der Waals surface area contributed by atoms with E-state index in [1.54, 1.807) is 12.3 Å². The minimum atomic E-state index is -0.292. The van der Waals surface area contributed by atoms with Gasteiger partial charge in [0.05, 0.1) is 17.3 Å². The Labute approximate surface area is 151 Å². The fraction of sp³-hybridized carbons (Fsp3) is 0.0909. The van der Waals surface area contributed by atoms with Crippen LogP contribution in [0.5, 0.6) is 0 Å². The third-order valence-corrected chi connectivity index (χ3v) is 4.36. The summed E-state index contributed by atoms with van der Waals surface area (Å²) < 4.78 is 13.8. The van der Waals surface area contributed by atoms with Crippen molar-refractivity contribution in [3.63, 3.8) is 0 Å². The van der Waals surface area contributed by atoms with Gasteiger partial charge in [-0.3, -0.25) is 4.98 Å². The van der Waals surface area contributed by atoms with Crippen molar-refractivity contribution in [3.05, 3.63) is 102 Å². The van der Waals surface area contributed by atoms with Crippen LogP contribution >= 0.6 is 0 Å².